The number of nitrogens with zero attached hydrogens (tertiary/aromatic N) is 5. The van der Waals surface area contributed by atoms with Crippen LogP contribution in [0.3, 0.4) is 0 Å². The summed E-state index contributed by atoms with van der Waals surface area (Å²) in [4.78, 5) is 15.2. The van der Waals surface area contributed by atoms with E-state index >= 15 is 0 Å². The van der Waals surface area contributed by atoms with E-state index in [0.717, 1.165) is 16.8 Å². The van der Waals surface area contributed by atoms with Crippen LogP contribution < -0.4 is 0 Å². The maximum Gasteiger partial charge on any atom is 0.240 e. The molecule has 29 heavy (non-hydrogen) atoms. The van der Waals surface area contributed by atoms with Gasteiger partial charge in [-0.3, -0.25) is 4.79 Å². The molecule has 3 aromatic rings. The Morgan fingerprint density at radius 2 is 1.86 bits per heavy atom. The maximum absolute atomic E-state index is 13.4. The van der Waals surface area contributed by atoms with Crippen LogP contribution in [0, 0.1) is 13.8 Å². The third-order valence-corrected chi connectivity index (χ3v) is 6.07. The van der Waals surface area contributed by atoms with Gasteiger partial charge in [-0.25, -0.2) is 0 Å². The molecule has 2 heterocycles. The maximum atomic E-state index is 13.4. The van der Waals surface area contributed by atoms with Gasteiger partial charge in [0.2, 0.25) is 11.1 Å². The van der Waals surface area contributed by atoms with E-state index in [1.807, 2.05) is 54.3 Å². The number of benzene rings is 2. The first-order chi connectivity index (χ1) is 14.1. The van der Waals surface area contributed by atoms with Crippen molar-refractivity contribution in [1.82, 2.24) is 25.1 Å². The Balaban J connectivity index is 1.67. The zero-order chi connectivity index (χ0) is 20.2. The minimum Gasteiger partial charge on any atom is -0.378 e. The molecule has 1 aliphatic rings. The Morgan fingerprint density at radius 1 is 1.10 bits per heavy atom. The number of hydrogen-bond acceptors (Lipinski definition) is 6. The highest BCUT2D eigenvalue weighted by atomic mass is 32.2. The summed E-state index contributed by atoms with van der Waals surface area (Å²) in [6, 6.07) is 15.9. The summed E-state index contributed by atoms with van der Waals surface area (Å²) in [5, 5.41) is 12.4. The number of carbonyl (C=O) groups is 1. The number of aryl methyl sites for hydroxylation is 2. The van der Waals surface area contributed by atoms with E-state index in [9.17, 15) is 4.79 Å². The van der Waals surface area contributed by atoms with Crippen molar-refractivity contribution in [2.45, 2.75) is 24.3 Å². The zero-order valence-electron chi connectivity index (χ0n) is 16.5. The van der Waals surface area contributed by atoms with Crippen molar-refractivity contribution >= 4 is 17.7 Å². The molecule has 0 aliphatic carbocycles. The van der Waals surface area contributed by atoms with Gasteiger partial charge in [-0.2, -0.15) is 4.68 Å². The van der Waals surface area contributed by atoms with Gasteiger partial charge in [0.15, 0.2) is 0 Å². The van der Waals surface area contributed by atoms with E-state index in [-0.39, 0.29) is 5.91 Å². The lowest BCUT2D eigenvalue weighted by atomic mass is 10.1. The average molecular weight is 410 g/mol. The summed E-state index contributed by atoms with van der Waals surface area (Å²) in [7, 11) is 0. The van der Waals surface area contributed by atoms with Crippen LogP contribution in [0.15, 0.2) is 53.7 Å². The van der Waals surface area contributed by atoms with Gasteiger partial charge in [-0.15, -0.1) is 5.10 Å². The van der Waals surface area contributed by atoms with E-state index in [0.29, 0.717) is 31.5 Å². The normalized spacial score (nSPS) is 15.3. The second-order valence-corrected chi connectivity index (χ2v) is 8.08. The number of amides is 1. The Bertz CT molecular complexity index is 986. The predicted molar refractivity (Wildman–Crippen MR) is 111 cm³/mol. The van der Waals surface area contributed by atoms with Gasteiger partial charge < -0.3 is 9.64 Å². The number of tetrazole rings is 1. The predicted octanol–water partition coefficient (Wildman–Crippen LogP) is 2.97. The van der Waals surface area contributed by atoms with Crippen LogP contribution in [0.25, 0.3) is 5.69 Å². The number of rotatable bonds is 5. The number of aromatic nitrogens is 4. The Labute approximate surface area is 174 Å². The first kappa shape index (κ1) is 19.6. The molecule has 7 nitrogen and oxygen atoms in total. The van der Waals surface area contributed by atoms with Gasteiger partial charge >= 0.3 is 0 Å². The van der Waals surface area contributed by atoms with Gasteiger partial charge in [-0.1, -0.05) is 59.8 Å². The van der Waals surface area contributed by atoms with E-state index in [2.05, 4.69) is 28.5 Å². The van der Waals surface area contributed by atoms with Gasteiger partial charge in [0.25, 0.3) is 0 Å². The molecule has 0 radical (unpaired) electrons. The molecule has 8 heteroatoms. The number of carbonyl (C=O) groups excluding carboxylic acids is 1. The minimum atomic E-state index is -0.426. The summed E-state index contributed by atoms with van der Waals surface area (Å²) < 4.78 is 7.11. The molecule has 0 spiro atoms. The lowest BCUT2D eigenvalue weighted by Crippen LogP contribution is -2.42. The molecular weight excluding hydrogens is 386 g/mol. The summed E-state index contributed by atoms with van der Waals surface area (Å²) in [6.07, 6.45) is 0. The minimum absolute atomic E-state index is 0.0553. The van der Waals surface area contributed by atoms with Crippen molar-refractivity contribution in [3.05, 3.63) is 65.2 Å². The van der Waals surface area contributed by atoms with Gasteiger partial charge in [-0.05, 0) is 41.5 Å². The second kappa shape index (κ2) is 8.75. The highest BCUT2D eigenvalue weighted by Crippen LogP contribution is 2.36. The summed E-state index contributed by atoms with van der Waals surface area (Å²) >= 11 is 1.38. The van der Waals surface area contributed by atoms with Crippen molar-refractivity contribution in [2.24, 2.45) is 0 Å². The monoisotopic (exact) mass is 409 g/mol. The number of morpholine rings is 1. The number of ether oxygens (including phenoxy) is 1. The molecule has 1 fully saturated rings. The average Bonchev–Trinajstić information content (AvgIpc) is 3.21. The molecule has 1 aliphatic heterocycles. The van der Waals surface area contributed by atoms with E-state index in [1.165, 1.54) is 17.3 Å². The summed E-state index contributed by atoms with van der Waals surface area (Å²) in [5.41, 5.74) is 4.10. The summed E-state index contributed by atoms with van der Waals surface area (Å²) in [6.45, 7) is 6.43. The highest BCUT2D eigenvalue weighted by molar-refractivity contribution is 8.00. The quantitative estimate of drug-likeness (QED) is 0.603. The van der Waals surface area contributed by atoms with E-state index in [4.69, 9.17) is 4.74 Å². The molecule has 0 saturated carbocycles. The van der Waals surface area contributed by atoms with Crippen LogP contribution in [0.2, 0.25) is 0 Å². The molecule has 150 valence electrons. The smallest absolute Gasteiger partial charge is 0.240 e. The van der Waals surface area contributed by atoms with Gasteiger partial charge in [0.1, 0.15) is 5.25 Å². The molecule has 0 bridgehead atoms. The van der Waals surface area contributed by atoms with Crippen molar-refractivity contribution in [2.75, 3.05) is 26.3 Å². The third kappa shape index (κ3) is 4.33. The lowest BCUT2D eigenvalue weighted by molar-refractivity contribution is -0.134. The molecule has 1 saturated heterocycles. The topological polar surface area (TPSA) is 73.1 Å². The Morgan fingerprint density at radius 3 is 2.59 bits per heavy atom. The zero-order valence-corrected chi connectivity index (χ0v) is 17.3. The molecule has 1 aromatic heterocycles. The fraction of sp³-hybridized carbons (Fsp3) is 0.333. The Hall–Kier alpha value is -2.71. The Kier molecular flexibility index (Phi) is 5.92. The lowest BCUT2D eigenvalue weighted by Gasteiger charge is -2.30. The SMILES string of the molecule is Cc1ccc(-n2nnnc2S[C@H](C(=O)N2CCOCC2)c2ccccc2)c(C)c1. The highest BCUT2D eigenvalue weighted by Gasteiger charge is 2.30. The molecule has 0 unspecified atom stereocenters. The fourth-order valence-electron chi connectivity index (χ4n) is 3.39. The van der Waals surface area contributed by atoms with Crippen LogP contribution in [0.5, 0.6) is 0 Å². The molecule has 2 aromatic carbocycles. The van der Waals surface area contributed by atoms with Crippen molar-refractivity contribution in [3.63, 3.8) is 0 Å². The molecule has 4 rings (SSSR count). The van der Waals surface area contributed by atoms with Gasteiger partial charge in [0, 0.05) is 13.1 Å². The first-order valence-electron chi connectivity index (χ1n) is 9.57. The molecular formula is C21H23N5O2S. The van der Waals surface area contributed by atoms with Crippen LogP contribution in [0.4, 0.5) is 0 Å². The first-order valence-corrected chi connectivity index (χ1v) is 10.5. The standard InChI is InChI=1S/C21H23N5O2S/c1-15-8-9-18(16(2)14-15)26-21(22-23-24-26)29-19(17-6-4-3-5-7-17)20(27)25-10-12-28-13-11-25/h3-9,14,19H,10-13H2,1-2H3/t19-/m0/s1. The van der Waals surface area contributed by atoms with E-state index < -0.39 is 5.25 Å². The fourth-order valence-corrected chi connectivity index (χ4v) is 4.46. The van der Waals surface area contributed by atoms with Gasteiger partial charge in [0.05, 0.1) is 18.9 Å². The largest absolute Gasteiger partial charge is 0.378 e. The molecule has 0 N–H and O–H groups in total. The van der Waals surface area contributed by atoms with Crippen LogP contribution in [0.1, 0.15) is 21.9 Å². The van der Waals surface area contributed by atoms with E-state index in [1.54, 1.807) is 4.68 Å². The van der Waals surface area contributed by atoms with Crippen LogP contribution >= 0.6 is 11.8 Å². The van der Waals surface area contributed by atoms with Crippen molar-refractivity contribution in [3.8, 4) is 5.69 Å². The summed E-state index contributed by atoms with van der Waals surface area (Å²) in [5.74, 6) is 0.0553. The van der Waals surface area contributed by atoms with Crippen molar-refractivity contribution < 1.29 is 9.53 Å². The molecule has 1 amide bonds. The van der Waals surface area contributed by atoms with Crippen molar-refractivity contribution in [1.29, 1.82) is 0 Å². The molecule has 1 atom stereocenters. The van der Waals surface area contributed by atoms with Crippen LogP contribution in [-0.4, -0.2) is 57.3 Å². The van der Waals surface area contributed by atoms with Crippen LogP contribution in [-0.2, 0) is 9.53 Å². The second-order valence-electron chi connectivity index (χ2n) is 7.01. The number of thioether (sulfide) groups is 1. The number of hydrogen-bond donors (Lipinski definition) is 0. The third-order valence-electron chi connectivity index (χ3n) is 4.89.